The topological polar surface area (TPSA) is 41.1 Å². The Kier molecular flexibility index (Phi) is 6.99. The van der Waals surface area contributed by atoms with Crippen LogP contribution in [0.15, 0.2) is 42.5 Å². The fourth-order valence-electron chi connectivity index (χ4n) is 2.29. The molecule has 2 N–H and O–H groups in total. The molecule has 0 unspecified atom stereocenters. The van der Waals surface area contributed by atoms with Crippen molar-refractivity contribution in [2.45, 2.75) is 19.0 Å². The van der Waals surface area contributed by atoms with Crippen LogP contribution in [0.25, 0.3) is 0 Å². The highest BCUT2D eigenvalue weighted by Crippen LogP contribution is 2.36. The van der Waals surface area contributed by atoms with Gasteiger partial charge in [0.15, 0.2) is 0 Å². The number of hydrogen-bond acceptors (Lipinski definition) is 2. The minimum Gasteiger partial charge on any atom is -0.326 e. The Labute approximate surface area is 153 Å². The van der Waals surface area contributed by atoms with E-state index in [1.165, 1.54) is 12.1 Å². The summed E-state index contributed by atoms with van der Waals surface area (Å²) in [5.41, 5.74) is -0.400. The van der Waals surface area contributed by atoms with Crippen molar-refractivity contribution in [1.29, 1.82) is 0 Å². The van der Waals surface area contributed by atoms with E-state index in [0.29, 0.717) is 25.1 Å². The lowest BCUT2D eigenvalue weighted by atomic mass is 10.1. The van der Waals surface area contributed by atoms with Crippen LogP contribution in [0, 0.1) is 5.82 Å². The summed E-state index contributed by atoms with van der Waals surface area (Å²) in [5.74, 6) is -0.714. The van der Waals surface area contributed by atoms with Gasteiger partial charge in [-0.3, -0.25) is 4.79 Å². The molecule has 0 fully saturated rings. The average Bonchev–Trinajstić information content (AvgIpc) is 2.57. The fraction of sp³-hybridized carbons (Fsp3) is 0.278. The van der Waals surface area contributed by atoms with Crippen LogP contribution >= 0.6 is 11.6 Å². The first-order chi connectivity index (χ1) is 12.3. The minimum atomic E-state index is -4.59. The van der Waals surface area contributed by atoms with Crippen LogP contribution < -0.4 is 10.6 Å². The number of alkyl halides is 3. The van der Waals surface area contributed by atoms with Crippen molar-refractivity contribution >= 4 is 23.2 Å². The molecule has 0 atom stereocenters. The Hall–Kier alpha value is -2.12. The van der Waals surface area contributed by atoms with Crippen molar-refractivity contribution in [3.05, 3.63) is 64.4 Å². The molecule has 26 heavy (non-hydrogen) atoms. The van der Waals surface area contributed by atoms with Crippen molar-refractivity contribution in [3.63, 3.8) is 0 Å². The molecule has 2 aromatic carbocycles. The van der Waals surface area contributed by atoms with Crippen LogP contribution in [0.4, 0.5) is 23.2 Å². The SMILES string of the molecule is O=C(CCNCCc1ccccc1F)Nc1ccc(Cl)c(C(F)(F)F)c1. The molecule has 0 saturated heterocycles. The maximum Gasteiger partial charge on any atom is 0.417 e. The molecule has 0 spiro atoms. The van der Waals surface area contributed by atoms with Gasteiger partial charge in [0.05, 0.1) is 10.6 Å². The van der Waals surface area contributed by atoms with Crippen LogP contribution in [-0.4, -0.2) is 19.0 Å². The summed E-state index contributed by atoms with van der Waals surface area (Å²) < 4.78 is 51.8. The summed E-state index contributed by atoms with van der Waals surface area (Å²) in [7, 11) is 0. The van der Waals surface area contributed by atoms with E-state index in [1.54, 1.807) is 18.2 Å². The standard InChI is InChI=1S/C18H17ClF4N2O/c19-15-6-5-13(11-14(15)18(21,22)23)25-17(26)8-10-24-9-7-12-3-1-2-4-16(12)20/h1-6,11,24H,7-10H2,(H,25,26). The molecular formula is C18H17ClF4N2O. The molecule has 1 amide bonds. The van der Waals surface area contributed by atoms with Gasteiger partial charge in [-0.2, -0.15) is 13.2 Å². The molecule has 0 aliphatic carbocycles. The zero-order valence-corrected chi connectivity index (χ0v) is 14.4. The lowest BCUT2D eigenvalue weighted by Crippen LogP contribution is -2.24. The van der Waals surface area contributed by atoms with Gasteiger partial charge in [0.25, 0.3) is 0 Å². The summed E-state index contributed by atoms with van der Waals surface area (Å²) in [6, 6.07) is 9.61. The quantitative estimate of drug-likeness (QED) is 0.535. The molecular weight excluding hydrogens is 372 g/mol. The molecule has 0 saturated carbocycles. The van der Waals surface area contributed by atoms with Gasteiger partial charge in [0.2, 0.25) is 5.91 Å². The number of hydrogen-bond donors (Lipinski definition) is 2. The average molecular weight is 389 g/mol. The summed E-state index contributed by atoms with van der Waals surface area (Å²) in [6.45, 7) is 0.799. The van der Waals surface area contributed by atoms with E-state index in [9.17, 15) is 22.4 Å². The maximum atomic E-state index is 13.4. The first kappa shape index (κ1) is 20.2. The molecule has 2 rings (SSSR count). The molecule has 0 aliphatic heterocycles. The van der Waals surface area contributed by atoms with E-state index in [0.717, 1.165) is 12.1 Å². The van der Waals surface area contributed by atoms with Crippen LogP contribution in [0.2, 0.25) is 5.02 Å². The first-order valence-corrected chi connectivity index (χ1v) is 8.26. The zero-order valence-electron chi connectivity index (χ0n) is 13.7. The maximum absolute atomic E-state index is 13.4. The van der Waals surface area contributed by atoms with E-state index in [4.69, 9.17) is 11.6 Å². The van der Waals surface area contributed by atoms with Crippen LogP contribution in [-0.2, 0) is 17.4 Å². The van der Waals surface area contributed by atoms with Crippen molar-refractivity contribution in [2.24, 2.45) is 0 Å². The van der Waals surface area contributed by atoms with E-state index in [1.807, 2.05) is 0 Å². The second kappa shape index (κ2) is 9.00. The Morgan fingerprint density at radius 1 is 1.08 bits per heavy atom. The number of halogens is 5. The third-order valence-electron chi connectivity index (χ3n) is 3.61. The molecule has 8 heteroatoms. The normalized spacial score (nSPS) is 11.4. The Bertz CT molecular complexity index is 765. The summed E-state index contributed by atoms with van der Waals surface area (Å²) >= 11 is 5.53. The van der Waals surface area contributed by atoms with Crippen molar-refractivity contribution in [3.8, 4) is 0 Å². The number of benzene rings is 2. The van der Waals surface area contributed by atoms with E-state index < -0.39 is 22.7 Å². The van der Waals surface area contributed by atoms with Gasteiger partial charge in [0, 0.05) is 18.7 Å². The number of carbonyl (C=O) groups excluding carboxylic acids is 1. The fourth-order valence-corrected chi connectivity index (χ4v) is 2.52. The molecule has 0 bridgehead atoms. The van der Waals surface area contributed by atoms with Crippen molar-refractivity contribution in [2.75, 3.05) is 18.4 Å². The molecule has 0 heterocycles. The molecule has 0 aliphatic rings. The Morgan fingerprint density at radius 3 is 2.50 bits per heavy atom. The number of anilines is 1. The Morgan fingerprint density at radius 2 is 1.81 bits per heavy atom. The lowest BCUT2D eigenvalue weighted by Gasteiger charge is -2.12. The zero-order chi connectivity index (χ0) is 19.2. The van der Waals surface area contributed by atoms with Gasteiger partial charge in [0.1, 0.15) is 5.82 Å². The van der Waals surface area contributed by atoms with Crippen molar-refractivity contribution in [1.82, 2.24) is 5.32 Å². The number of carbonyl (C=O) groups is 1. The second-order valence-corrected chi connectivity index (χ2v) is 5.99. The highest BCUT2D eigenvalue weighted by atomic mass is 35.5. The summed E-state index contributed by atoms with van der Waals surface area (Å²) in [6.07, 6.45) is -4.05. The molecule has 0 aromatic heterocycles. The van der Waals surface area contributed by atoms with E-state index in [-0.39, 0.29) is 17.9 Å². The number of amides is 1. The third-order valence-corrected chi connectivity index (χ3v) is 3.94. The summed E-state index contributed by atoms with van der Waals surface area (Å²) in [4.78, 5) is 11.8. The van der Waals surface area contributed by atoms with Crippen molar-refractivity contribution < 1.29 is 22.4 Å². The van der Waals surface area contributed by atoms with E-state index in [2.05, 4.69) is 10.6 Å². The molecule has 140 valence electrons. The molecule has 0 radical (unpaired) electrons. The first-order valence-electron chi connectivity index (χ1n) is 7.88. The monoisotopic (exact) mass is 388 g/mol. The third kappa shape index (κ3) is 6.00. The summed E-state index contributed by atoms with van der Waals surface area (Å²) in [5, 5.41) is 4.97. The van der Waals surface area contributed by atoms with Gasteiger partial charge in [-0.05, 0) is 42.8 Å². The molecule has 2 aromatic rings. The van der Waals surface area contributed by atoms with Gasteiger partial charge >= 0.3 is 6.18 Å². The van der Waals surface area contributed by atoms with E-state index >= 15 is 0 Å². The smallest absolute Gasteiger partial charge is 0.326 e. The predicted molar refractivity (Wildman–Crippen MR) is 92.7 cm³/mol. The van der Waals surface area contributed by atoms with Crippen LogP contribution in [0.1, 0.15) is 17.5 Å². The van der Waals surface area contributed by atoms with Gasteiger partial charge < -0.3 is 10.6 Å². The minimum absolute atomic E-state index is 0.0260. The largest absolute Gasteiger partial charge is 0.417 e. The van der Waals surface area contributed by atoms with Crippen LogP contribution in [0.5, 0.6) is 0 Å². The van der Waals surface area contributed by atoms with Crippen LogP contribution in [0.3, 0.4) is 0 Å². The highest BCUT2D eigenvalue weighted by Gasteiger charge is 2.33. The van der Waals surface area contributed by atoms with Gasteiger partial charge in [-0.15, -0.1) is 0 Å². The second-order valence-electron chi connectivity index (χ2n) is 5.58. The van der Waals surface area contributed by atoms with Gasteiger partial charge in [-0.25, -0.2) is 4.39 Å². The number of nitrogens with one attached hydrogen (secondary N) is 2. The molecule has 3 nitrogen and oxygen atoms in total. The Balaban J connectivity index is 1.76. The van der Waals surface area contributed by atoms with Gasteiger partial charge in [-0.1, -0.05) is 29.8 Å². The number of rotatable bonds is 7. The lowest BCUT2D eigenvalue weighted by molar-refractivity contribution is -0.137. The highest BCUT2D eigenvalue weighted by molar-refractivity contribution is 6.31. The predicted octanol–water partition coefficient (Wildman–Crippen LogP) is 4.66.